The molecule has 1 saturated heterocycles. The van der Waals surface area contributed by atoms with Crippen LogP contribution in [0.5, 0.6) is 11.5 Å². The van der Waals surface area contributed by atoms with Gasteiger partial charge in [0.1, 0.15) is 6.04 Å². The topological polar surface area (TPSA) is 49.7 Å². The van der Waals surface area contributed by atoms with Gasteiger partial charge in [0.15, 0.2) is 11.5 Å². The summed E-state index contributed by atoms with van der Waals surface area (Å²) >= 11 is 0. The minimum atomic E-state index is -0.128. The maximum Gasteiger partial charge on any atom is 0.161 e. The van der Waals surface area contributed by atoms with Gasteiger partial charge in [0.2, 0.25) is 0 Å². The van der Waals surface area contributed by atoms with E-state index in [9.17, 15) is 0 Å². The number of fused-ring (bicyclic) bond motifs is 1. The van der Waals surface area contributed by atoms with Gasteiger partial charge in [-0.25, -0.2) is 0 Å². The van der Waals surface area contributed by atoms with Gasteiger partial charge in [-0.15, -0.1) is 0 Å². The number of nitrogens with zero attached hydrogens (tertiary/aromatic N) is 4. The van der Waals surface area contributed by atoms with Crippen molar-refractivity contribution in [2.45, 2.75) is 25.4 Å². The molecule has 0 N–H and O–H groups in total. The molecule has 6 nitrogen and oxygen atoms in total. The molecule has 154 valence electrons. The lowest BCUT2D eigenvalue weighted by Crippen LogP contribution is -2.44. The number of benzene rings is 2. The average molecular weight is 395 g/mol. The van der Waals surface area contributed by atoms with E-state index >= 15 is 0 Å². The Bertz CT molecular complexity index is 873. The molecule has 0 aromatic heterocycles. The van der Waals surface area contributed by atoms with Crippen molar-refractivity contribution in [1.29, 1.82) is 0 Å². The molecule has 0 aliphatic carbocycles. The van der Waals surface area contributed by atoms with Crippen LogP contribution in [0, 0.1) is 0 Å². The standard InChI is InChI=1S/C23H30N4O2/c1-16-13-18-14-21(28-3)22(29-4)15-20(18)23(25-24-16)17-5-7-19(8-6-17)27-11-9-26(2)10-12-27/h5-8,14-16,23H,9-13H2,1-4H3. The number of likely N-dealkylation sites (N-methyl/N-ethyl adjacent to an activating group) is 1. The zero-order chi connectivity index (χ0) is 20.4. The highest BCUT2D eigenvalue weighted by Gasteiger charge is 2.25. The third-order valence-corrected chi connectivity index (χ3v) is 5.91. The summed E-state index contributed by atoms with van der Waals surface area (Å²) in [5.74, 6) is 1.49. The van der Waals surface area contributed by atoms with E-state index in [2.05, 4.69) is 65.3 Å². The molecule has 2 aromatic rings. The number of ether oxygens (including phenoxy) is 2. The van der Waals surface area contributed by atoms with Gasteiger partial charge in [0, 0.05) is 31.9 Å². The maximum atomic E-state index is 5.55. The van der Waals surface area contributed by atoms with Gasteiger partial charge in [-0.1, -0.05) is 12.1 Å². The van der Waals surface area contributed by atoms with Gasteiger partial charge < -0.3 is 19.3 Å². The first-order chi connectivity index (χ1) is 14.1. The third-order valence-electron chi connectivity index (χ3n) is 5.91. The van der Waals surface area contributed by atoms with E-state index in [1.54, 1.807) is 14.2 Å². The first-order valence-electron chi connectivity index (χ1n) is 10.3. The van der Waals surface area contributed by atoms with Crippen LogP contribution >= 0.6 is 0 Å². The minimum absolute atomic E-state index is 0.128. The number of anilines is 1. The van der Waals surface area contributed by atoms with Crippen molar-refractivity contribution in [3.8, 4) is 11.5 Å². The first kappa shape index (κ1) is 19.7. The zero-order valence-corrected chi connectivity index (χ0v) is 17.8. The lowest BCUT2D eigenvalue weighted by molar-refractivity contribution is 0.313. The highest BCUT2D eigenvalue weighted by molar-refractivity contribution is 5.53. The molecule has 0 amide bonds. The molecule has 2 heterocycles. The third kappa shape index (κ3) is 4.08. The Morgan fingerprint density at radius 1 is 0.897 bits per heavy atom. The normalized spacial score (nSPS) is 22.1. The summed E-state index contributed by atoms with van der Waals surface area (Å²) in [4.78, 5) is 4.82. The largest absolute Gasteiger partial charge is 0.493 e. The van der Waals surface area contributed by atoms with Crippen molar-refractivity contribution >= 4 is 5.69 Å². The molecule has 2 aromatic carbocycles. The summed E-state index contributed by atoms with van der Waals surface area (Å²) in [6.07, 6.45) is 0.842. The van der Waals surface area contributed by atoms with Gasteiger partial charge >= 0.3 is 0 Å². The predicted molar refractivity (Wildman–Crippen MR) is 116 cm³/mol. The SMILES string of the molecule is COc1cc2c(cc1OC)C(c1ccc(N3CCN(C)CC3)cc1)N=NC(C)C2. The van der Waals surface area contributed by atoms with Crippen LogP contribution in [0.2, 0.25) is 0 Å². The summed E-state index contributed by atoms with van der Waals surface area (Å²) < 4.78 is 11.1. The number of azo groups is 1. The Morgan fingerprint density at radius 2 is 1.55 bits per heavy atom. The number of hydrogen-bond donors (Lipinski definition) is 0. The number of methoxy groups -OCH3 is 2. The van der Waals surface area contributed by atoms with Gasteiger partial charge in [-0.3, -0.25) is 0 Å². The van der Waals surface area contributed by atoms with Gasteiger partial charge in [-0.2, -0.15) is 10.2 Å². The maximum absolute atomic E-state index is 5.55. The lowest BCUT2D eigenvalue weighted by Gasteiger charge is -2.34. The summed E-state index contributed by atoms with van der Waals surface area (Å²) in [5.41, 5.74) is 4.78. The monoisotopic (exact) mass is 394 g/mol. The van der Waals surface area contributed by atoms with E-state index in [-0.39, 0.29) is 12.1 Å². The van der Waals surface area contributed by atoms with Crippen LogP contribution in [0.1, 0.15) is 29.7 Å². The van der Waals surface area contributed by atoms with Crippen LogP contribution in [-0.4, -0.2) is 58.4 Å². The quantitative estimate of drug-likeness (QED) is 0.788. The Labute approximate surface area is 173 Å². The van der Waals surface area contributed by atoms with Crippen molar-refractivity contribution in [3.05, 3.63) is 53.1 Å². The molecule has 4 rings (SSSR count). The van der Waals surface area contributed by atoms with Crippen LogP contribution in [0.25, 0.3) is 0 Å². The van der Waals surface area contributed by atoms with E-state index in [0.717, 1.165) is 55.2 Å². The van der Waals surface area contributed by atoms with Gasteiger partial charge in [0.05, 0.1) is 20.3 Å². The molecule has 2 unspecified atom stereocenters. The number of hydrogen-bond acceptors (Lipinski definition) is 6. The van der Waals surface area contributed by atoms with Gasteiger partial charge in [0.25, 0.3) is 0 Å². The summed E-state index contributed by atoms with van der Waals surface area (Å²) in [6, 6.07) is 13.0. The molecular formula is C23H30N4O2. The van der Waals surface area contributed by atoms with Crippen molar-refractivity contribution in [3.63, 3.8) is 0 Å². The van der Waals surface area contributed by atoms with Crippen molar-refractivity contribution < 1.29 is 9.47 Å². The lowest BCUT2D eigenvalue weighted by atomic mass is 9.92. The van der Waals surface area contributed by atoms with Crippen LogP contribution in [0.3, 0.4) is 0 Å². The Balaban J connectivity index is 1.66. The van der Waals surface area contributed by atoms with E-state index in [0.29, 0.717) is 0 Å². The first-order valence-corrected chi connectivity index (χ1v) is 10.3. The summed E-state index contributed by atoms with van der Waals surface area (Å²) in [5, 5.41) is 9.26. The molecule has 2 aliphatic rings. The van der Waals surface area contributed by atoms with Gasteiger partial charge in [-0.05, 0) is 61.3 Å². The molecule has 2 aliphatic heterocycles. The second kappa shape index (κ2) is 8.41. The van der Waals surface area contributed by atoms with Crippen molar-refractivity contribution in [1.82, 2.24) is 4.90 Å². The van der Waals surface area contributed by atoms with E-state index in [1.807, 2.05) is 0 Å². The van der Waals surface area contributed by atoms with E-state index < -0.39 is 0 Å². The highest BCUT2D eigenvalue weighted by atomic mass is 16.5. The molecule has 0 spiro atoms. The fourth-order valence-corrected chi connectivity index (χ4v) is 4.15. The Hall–Kier alpha value is -2.60. The molecule has 0 saturated carbocycles. The molecular weight excluding hydrogens is 364 g/mol. The molecule has 2 atom stereocenters. The van der Waals surface area contributed by atoms with Crippen LogP contribution in [-0.2, 0) is 6.42 Å². The molecule has 29 heavy (non-hydrogen) atoms. The number of piperazine rings is 1. The van der Waals surface area contributed by atoms with E-state index in [4.69, 9.17) is 14.6 Å². The summed E-state index contributed by atoms with van der Waals surface area (Å²) in [7, 11) is 5.53. The fraction of sp³-hybridized carbons (Fsp3) is 0.478. The second-order valence-corrected chi connectivity index (χ2v) is 7.97. The summed E-state index contributed by atoms with van der Waals surface area (Å²) in [6.45, 7) is 6.44. The van der Waals surface area contributed by atoms with Crippen LogP contribution in [0.4, 0.5) is 5.69 Å². The average Bonchev–Trinajstić information content (AvgIpc) is 2.91. The van der Waals surface area contributed by atoms with Crippen molar-refractivity contribution in [2.75, 3.05) is 52.3 Å². The smallest absolute Gasteiger partial charge is 0.161 e. The zero-order valence-electron chi connectivity index (χ0n) is 17.8. The fourth-order valence-electron chi connectivity index (χ4n) is 4.15. The van der Waals surface area contributed by atoms with E-state index in [1.165, 1.54) is 11.3 Å². The molecule has 0 bridgehead atoms. The molecule has 6 heteroatoms. The minimum Gasteiger partial charge on any atom is -0.493 e. The highest BCUT2D eigenvalue weighted by Crippen LogP contribution is 2.39. The molecule has 1 fully saturated rings. The van der Waals surface area contributed by atoms with Crippen molar-refractivity contribution in [2.24, 2.45) is 10.2 Å². The predicted octanol–water partition coefficient (Wildman–Crippen LogP) is 3.94. The van der Waals surface area contributed by atoms with Crippen LogP contribution < -0.4 is 14.4 Å². The molecule has 0 radical (unpaired) electrons. The number of rotatable bonds is 4. The second-order valence-electron chi connectivity index (χ2n) is 7.97. The Morgan fingerprint density at radius 3 is 2.21 bits per heavy atom. The van der Waals surface area contributed by atoms with Crippen LogP contribution in [0.15, 0.2) is 46.6 Å². The Kier molecular flexibility index (Phi) is 5.72.